The lowest BCUT2D eigenvalue weighted by atomic mass is 10.1. The van der Waals surface area contributed by atoms with Crippen LogP contribution in [-0.4, -0.2) is 4.98 Å². The number of nitriles is 1. The van der Waals surface area contributed by atoms with Crippen molar-refractivity contribution in [1.29, 1.82) is 5.26 Å². The van der Waals surface area contributed by atoms with Gasteiger partial charge in [0, 0.05) is 17.3 Å². The number of halogens is 2. The van der Waals surface area contributed by atoms with Crippen LogP contribution in [0.1, 0.15) is 11.1 Å². The molecule has 0 radical (unpaired) electrons. The number of benzene rings is 1. The Morgan fingerprint density at radius 1 is 1.24 bits per heavy atom. The number of aromatic nitrogens is 1. The Morgan fingerprint density at radius 3 is 2.71 bits per heavy atom. The molecule has 0 unspecified atom stereocenters. The second-order valence-electron chi connectivity index (χ2n) is 3.58. The van der Waals surface area contributed by atoms with Gasteiger partial charge in [-0.25, -0.2) is 8.78 Å². The first-order chi connectivity index (χ1) is 8.13. The number of hydrogen-bond acceptors (Lipinski definition) is 2. The van der Waals surface area contributed by atoms with Crippen molar-refractivity contribution in [3.63, 3.8) is 0 Å². The fourth-order valence-corrected chi connectivity index (χ4v) is 1.51. The van der Waals surface area contributed by atoms with Crippen LogP contribution in [-0.2, 0) is 0 Å². The molecule has 0 spiro atoms. The number of rotatable bonds is 1. The summed E-state index contributed by atoms with van der Waals surface area (Å²) in [6, 6.07) is 7.45. The Bertz CT molecular complexity index is 615. The minimum absolute atomic E-state index is 0.0494. The standard InChI is InChI=1S/C13H8F2N2/c1-8-11(14)3-2-10(13(8)15)12-6-9(7-16)4-5-17-12/h2-6H,1H3. The molecule has 1 heterocycles. The van der Waals surface area contributed by atoms with Crippen molar-refractivity contribution in [2.24, 2.45) is 0 Å². The zero-order valence-electron chi connectivity index (χ0n) is 9.04. The van der Waals surface area contributed by atoms with Crippen LogP contribution in [0.25, 0.3) is 11.3 Å². The second kappa shape index (κ2) is 4.30. The van der Waals surface area contributed by atoms with E-state index in [0.29, 0.717) is 11.3 Å². The fourth-order valence-electron chi connectivity index (χ4n) is 1.51. The lowest BCUT2D eigenvalue weighted by Crippen LogP contribution is -1.94. The van der Waals surface area contributed by atoms with E-state index in [9.17, 15) is 8.78 Å². The Hall–Kier alpha value is -2.28. The maximum absolute atomic E-state index is 13.8. The summed E-state index contributed by atoms with van der Waals surface area (Å²) in [7, 11) is 0. The van der Waals surface area contributed by atoms with Crippen molar-refractivity contribution < 1.29 is 8.78 Å². The minimum atomic E-state index is -0.646. The second-order valence-corrected chi connectivity index (χ2v) is 3.58. The lowest BCUT2D eigenvalue weighted by Gasteiger charge is -2.06. The summed E-state index contributed by atoms with van der Waals surface area (Å²) in [4.78, 5) is 3.98. The molecule has 0 fully saturated rings. The molecule has 0 aliphatic heterocycles. The largest absolute Gasteiger partial charge is 0.256 e. The first-order valence-electron chi connectivity index (χ1n) is 4.94. The third-order valence-electron chi connectivity index (χ3n) is 2.49. The van der Waals surface area contributed by atoms with Gasteiger partial charge in [0.1, 0.15) is 11.6 Å². The molecule has 0 saturated heterocycles. The van der Waals surface area contributed by atoms with Gasteiger partial charge >= 0.3 is 0 Å². The average molecular weight is 230 g/mol. The summed E-state index contributed by atoms with van der Waals surface area (Å²) in [5.74, 6) is -1.24. The van der Waals surface area contributed by atoms with Gasteiger partial charge in [-0.3, -0.25) is 4.98 Å². The van der Waals surface area contributed by atoms with E-state index in [4.69, 9.17) is 5.26 Å². The molecule has 4 heteroatoms. The van der Waals surface area contributed by atoms with Gasteiger partial charge in [0.05, 0.1) is 17.3 Å². The molecule has 2 rings (SSSR count). The summed E-state index contributed by atoms with van der Waals surface area (Å²) in [6.07, 6.45) is 1.42. The molecule has 0 aliphatic rings. The highest BCUT2D eigenvalue weighted by Gasteiger charge is 2.12. The highest BCUT2D eigenvalue weighted by Crippen LogP contribution is 2.25. The monoisotopic (exact) mass is 230 g/mol. The first kappa shape index (κ1) is 11.2. The predicted molar refractivity (Wildman–Crippen MR) is 59.0 cm³/mol. The van der Waals surface area contributed by atoms with Crippen molar-refractivity contribution in [3.05, 3.63) is 53.2 Å². The van der Waals surface area contributed by atoms with Gasteiger partial charge in [0.25, 0.3) is 0 Å². The topological polar surface area (TPSA) is 36.7 Å². The van der Waals surface area contributed by atoms with Crippen molar-refractivity contribution in [2.75, 3.05) is 0 Å². The maximum Gasteiger partial charge on any atom is 0.138 e. The van der Waals surface area contributed by atoms with Gasteiger partial charge in [-0.05, 0) is 31.2 Å². The smallest absolute Gasteiger partial charge is 0.138 e. The molecule has 0 saturated carbocycles. The van der Waals surface area contributed by atoms with Gasteiger partial charge < -0.3 is 0 Å². The van der Waals surface area contributed by atoms with Crippen LogP contribution in [0, 0.1) is 29.9 Å². The molecular weight excluding hydrogens is 222 g/mol. The van der Waals surface area contributed by atoms with Crippen LogP contribution < -0.4 is 0 Å². The molecule has 1 aromatic carbocycles. The molecule has 17 heavy (non-hydrogen) atoms. The Morgan fingerprint density at radius 2 is 2.00 bits per heavy atom. The maximum atomic E-state index is 13.8. The van der Waals surface area contributed by atoms with Crippen LogP contribution in [0.5, 0.6) is 0 Å². The molecular formula is C13H8F2N2. The molecule has 0 aliphatic carbocycles. The van der Waals surface area contributed by atoms with Crippen molar-refractivity contribution in [1.82, 2.24) is 4.98 Å². The summed E-state index contributed by atoms with van der Waals surface area (Å²) in [6.45, 7) is 1.36. The van der Waals surface area contributed by atoms with E-state index in [1.54, 1.807) is 0 Å². The molecule has 0 N–H and O–H groups in total. The van der Waals surface area contributed by atoms with E-state index in [-0.39, 0.29) is 11.1 Å². The summed E-state index contributed by atoms with van der Waals surface area (Å²) < 4.78 is 26.9. The molecule has 84 valence electrons. The molecule has 2 nitrogen and oxygen atoms in total. The molecule has 0 amide bonds. The Kier molecular flexibility index (Phi) is 2.84. The van der Waals surface area contributed by atoms with Crippen molar-refractivity contribution in [3.8, 4) is 17.3 Å². The third-order valence-corrected chi connectivity index (χ3v) is 2.49. The van der Waals surface area contributed by atoms with Gasteiger partial charge in [-0.2, -0.15) is 5.26 Å². The summed E-state index contributed by atoms with van der Waals surface area (Å²) in [5.41, 5.74) is 0.855. The average Bonchev–Trinajstić information content (AvgIpc) is 2.36. The fraction of sp³-hybridized carbons (Fsp3) is 0.0769. The molecule has 1 aromatic heterocycles. The van der Waals surface area contributed by atoms with Gasteiger partial charge in [0.2, 0.25) is 0 Å². The number of pyridine rings is 1. The zero-order valence-corrected chi connectivity index (χ0v) is 9.04. The van der Waals surface area contributed by atoms with Crippen LogP contribution in [0.4, 0.5) is 8.78 Å². The van der Waals surface area contributed by atoms with Crippen LogP contribution in [0.3, 0.4) is 0 Å². The normalized spacial score (nSPS) is 10.0. The van der Waals surface area contributed by atoms with Gasteiger partial charge in [-0.15, -0.1) is 0 Å². The predicted octanol–water partition coefficient (Wildman–Crippen LogP) is 3.21. The van der Waals surface area contributed by atoms with Crippen LogP contribution in [0.2, 0.25) is 0 Å². The number of nitrogens with zero attached hydrogens (tertiary/aromatic N) is 2. The van der Waals surface area contributed by atoms with E-state index in [1.165, 1.54) is 37.4 Å². The van der Waals surface area contributed by atoms with Crippen molar-refractivity contribution >= 4 is 0 Å². The summed E-state index contributed by atoms with van der Waals surface area (Å²) >= 11 is 0. The summed E-state index contributed by atoms with van der Waals surface area (Å²) in [5, 5.41) is 8.75. The highest BCUT2D eigenvalue weighted by atomic mass is 19.1. The minimum Gasteiger partial charge on any atom is -0.256 e. The Balaban J connectivity index is 2.61. The van der Waals surface area contributed by atoms with Gasteiger partial charge in [-0.1, -0.05) is 0 Å². The van der Waals surface area contributed by atoms with Crippen LogP contribution >= 0.6 is 0 Å². The van der Waals surface area contributed by atoms with E-state index < -0.39 is 11.6 Å². The SMILES string of the molecule is Cc1c(F)ccc(-c2cc(C#N)ccn2)c1F. The first-order valence-corrected chi connectivity index (χ1v) is 4.94. The number of hydrogen-bond donors (Lipinski definition) is 0. The van der Waals surface area contributed by atoms with Crippen LogP contribution in [0.15, 0.2) is 30.5 Å². The Labute approximate surface area is 97.2 Å². The molecule has 2 aromatic rings. The van der Waals surface area contributed by atoms with E-state index in [0.717, 1.165) is 0 Å². The van der Waals surface area contributed by atoms with E-state index in [1.807, 2.05) is 6.07 Å². The van der Waals surface area contributed by atoms with E-state index >= 15 is 0 Å². The third kappa shape index (κ3) is 2.00. The van der Waals surface area contributed by atoms with Gasteiger partial charge in [0.15, 0.2) is 0 Å². The zero-order chi connectivity index (χ0) is 12.4. The molecule has 0 atom stereocenters. The van der Waals surface area contributed by atoms with Crippen molar-refractivity contribution in [2.45, 2.75) is 6.92 Å². The van der Waals surface area contributed by atoms with E-state index in [2.05, 4.69) is 4.98 Å². The lowest BCUT2D eigenvalue weighted by molar-refractivity contribution is 0.570. The quantitative estimate of drug-likeness (QED) is 0.754. The highest BCUT2D eigenvalue weighted by molar-refractivity contribution is 5.62. The molecule has 0 bridgehead atoms.